The largest absolute Gasteiger partial charge is 1.00 e. The van der Waals surface area contributed by atoms with E-state index in [1.807, 2.05) is 82.7 Å². The second-order valence-electron chi connectivity index (χ2n) is 5.86. The van der Waals surface area contributed by atoms with Crippen LogP contribution in [0.5, 0.6) is 0 Å². The fraction of sp³-hybridized carbons (Fsp3) is 0. The third kappa shape index (κ3) is 4.33. The monoisotopic (exact) mass is 469 g/mol. The molecule has 6 heteroatoms. The van der Waals surface area contributed by atoms with Crippen LogP contribution in [0.4, 0.5) is 0 Å². The Morgan fingerprint density at radius 3 is 2.11 bits per heavy atom. The predicted octanol–water partition coefficient (Wildman–Crippen LogP) is 2.60. The lowest BCUT2D eigenvalue weighted by atomic mass is 10.1. The second-order valence-corrected chi connectivity index (χ2v) is 7.14. The maximum Gasteiger partial charge on any atom is 0.279 e. The molecule has 140 valence electrons. The van der Waals surface area contributed by atoms with Gasteiger partial charge in [-0.1, -0.05) is 60.1 Å². The van der Waals surface area contributed by atoms with Crippen molar-refractivity contribution in [2.75, 3.05) is 0 Å². The Labute approximate surface area is 182 Å². The van der Waals surface area contributed by atoms with Crippen LogP contribution in [0, 0.1) is 0 Å². The quantitative estimate of drug-likeness (QED) is 0.453. The van der Waals surface area contributed by atoms with Gasteiger partial charge in [0.1, 0.15) is 0 Å². The fourth-order valence-electron chi connectivity index (χ4n) is 2.77. The average molecular weight is 471 g/mol. The lowest BCUT2D eigenvalue weighted by molar-refractivity contribution is -0.0000131. The minimum Gasteiger partial charge on any atom is -1.00 e. The van der Waals surface area contributed by atoms with Crippen molar-refractivity contribution in [3.05, 3.63) is 106 Å². The molecular weight excluding hydrogens is 456 g/mol. The van der Waals surface area contributed by atoms with Crippen molar-refractivity contribution in [2.45, 2.75) is 0 Å². The number of nitrogens with zero attached hydrogens (tertiary/aromatic N) is 2. The third-order valence-corrected chi connectivity index (χ3v) is 5.16. The van der Waals surface area contributed by atoms with E-state index in [1.165, 1.54) is 11.3 Å². The Morgan fingerprint density at radius 2 is 1.46 bits per heavy atom. The van der Waals surface area contributed by atoms with Crippen LogP contribution in [0.2, 0.25) is 5.02 Å². The Balaban J connectivity index is 0.00000225. The van der Waals surface area contributed by atoms with Gasteiger partial charge in [0.25, 0.3) is 5.91 Å². The van der Waals surface area contributed by atoms with E-state index in [0.717, 1.165) is 16.9 Å². The summed E-state index contributed by atoms with van der Waals surface area (Å²) in [5.74, 6) is -0.259. The first-order chi connectivity index (χ1) is 13.2. The van der Waals surface area contributed by atoms with Crippen molar-refractivity contribution in [1.29, 1.82) is 0 Å². The molecule has 0 unspecified atom stereocenters. The van der Waals surface area contributed by atoms with Crippen LogP contribution in [-0.2, 0) is 0 Å². The number of thiazole rings is 1. The lowest BCUT2D eigenvalue weighted by Crippen LogP contribution is -3.00. The van der Waals surface area contributed by atoms with Crippen LogP contribution < -0.4 is 21.8 Å². The smallest absolute Gasteiger partial charge is 0.279 e. The van der Waals surface area contributed by atoms with Crippen LogP contribution in [0.3, 0.4) is 0 Å². The maximum absolute atomic E-state index is 12.6. The molecule has 0 aliphatic heterocycles. The van der Waals surface area contributed by atoms with Gasteiger partial charge in [0, 0.05) is 21.7 Å². The summed E-state index contributed by atoms with van der Waals surface area (Å²) in [6.45, 7) is 0. The molecule has 0 aliphatic rings. The van der Waals surface area contributed by atoms with Gasteiger partial charge in [0.15, 0.2) is 4.80 Å². The summed E-state index contributed by atoms with van der Waals surface area (Å²) in [6.07, 6.45) is 0. The van der Waals surface area contributed by atoms with Gasteiger partial charge in [0.05, 0.1) is 5.69 Å². The molecular formula is C22H15BrClN2OS-. The zero-order valence-corrected chi connectivity index (χ0v) is 17.8. The van der Waals surface area contributed by atoms with Gasteiger partial charge in [-0.2, -0.15) is 4.99 Å². The molecule has 0 atom stereocenters. The number of hydrogen-bond donors (Lipinski definition) is 0. The molecule has 1 amide bonds. The van der Waals surface area contributed by atoms with Gasteiger partial charge in [-0.3, -0.25) is 9.36 Å². The predicted molar refractivity (Wildman–Crippen MR) is 110 cm³/mol. The summed E-state index contributed by atoms with van der Waals surface area (Å²) < 4.78 is 1.99. The van der Waals surface area contributed by atoms with Crippen LogP contribution >= 0.6 is 22.9 Å². The van der Waals surface area contributed by atoms with E-state index in [4.69, 9.17) is 11.6 Å². The molecule has 4 rings (SSSR count). The molecule has 3 nitrogen and oxygen atoms in total. The number of amides is 1. The van der Waals surface area contributed by atoms with Crippen molar-refractivity contribution in [1.82, 2.24) is 4.57 Å². The second kappa shape index (κ2) is 9.15. The highest BCUT2D eigenvalue weighted by Gasteiger charge is 2.12. The molecule has 0 aliphatic carbocycles. The minimum atomic E-state index is -0.259. The summed E-state index contributed by atoms with van der Waals surface area (Å²) in [4.78, 5) is 17.6. The van der Waals surface area contributed by atoms with E-state index < -0.39 is 0 Å². The van der Waals surface area contributed by atoms with Crippen molar-refractivity contribution < 1.29 is 21.8 Å². The molecule has 0 spiro atoms. The Kier molecular flexibility index (Phi) is 6.62. The Morgan fingerprint density at radius 1 is 0.857 bits per heavy atom. The van der Waals surface area contributed by atoms with E-state index in [1.54, 1.807) is 12.1 Å². The number of carbonyl (C=O) groups excluding carboxylic acids is 1. The van der Waals surface area contributed by atoms with Crippen molar-refractivity contribution in [3.8, 4) is 16.9 Å². The summed E-state index contributed by atoms with van der Waals surface area (Å²) >= 11 is 7.47. The molecule has 0 radical (unpaired) electrons. The number of rotatable bonds is 3. The van der Waals surface area contributed by atoms with Gasteiger partial charge in [-0.25, -0.2) is 0 Å². The van der Waals surface area contributed by atoms with Crippen LogP contribution in [-0.4, -0.2) is 10.5 Å². The van der Waals surface area contributed by atoms with Gasteiger partial charge < -0.3 is 17.0 Å². The number of aromatic nitrogens is 1. The Bertz CT molecular complexity index is 1140. The summed E-state index contributed by atoms with van der Waals surface area (Å²) in [7, 11) is 0. The molecule has 0 saturated carbocycles. The van der Waals surface area contributed by atoms with Gasteiger partial charge in [-0.15, -0.1) is 11.3 Å². The molecule has 0 saturated heterocycles. The average Bonchev–Trinajstić information content (AvgIpc) is 3.13. The molecule has 0 fully saturated rings. The van der Waals surface area contributed by atoms with E-state index in [0.29, 0.717) is 15.4 Å². The molecule has 28 heavy (non-hydrogen) atoms. The SMILES string of the molecule is O=C(N=c1scc(-c2ccc(Cl)cc2)n1-c1ccccc1)c1ccccc1.[Br-]. The third-order valence-electron chi connectivity index (χ3n) is 4.08. The van der Waals surface area contributed by atoms with Crippen LogP contribution in [0.25, 0.3) is 16.9 Å². The summed E-state index contributed by atoms with van der Waals surface area (Å²) in [5.41, 5.74) is 3.48. The number of benzene rings is 3. The van der Waals surface area contributed by atoms with E-state index in [2.05, 4.69) is 4.99 Å². The van der Waals surface area contributed by atoms with E-state index in [9.17, 15) is 4.79 Å². The first-order valence-electron chi connectivity index (χ1n) is 8.38. The number of carbonyl (C=O) groups is 1. The molecule has 0 bridgehead atoms. The van der Waals surface area contributed by atoms with Crippen molar-refractivity contribution >= 4 is 28.8 Å². The first-order valence-corrected chi connectivity index (χ1v) is 9.64. The molecule has 4 aromatic rings. The normalized spacial score (nSPS) is 11.1. The van der Waals surface area contributed by atoms with Gasteiger partial charge in [0.2, 0.25) is 0 Å². The number of para-hydroxylation sites is 1. The summed E-state index contributed by atoms with van der Waals surface area (Å²) in [5, 5.41) is 2.69. The first kappa shape index (κ1) is 20.3. The van der Waals surface area contributed by atoms with E-state index >= 15 is 0 Å². The van der Waals surface area contributed by atoms with Crippen LogP contribution in [0.1, 0.15) is 10.4 Å². The standard InChI is InChI=1S/C22H15ClN2OS.BrH/c23-18-13-11-16(12-14-18)20-15-27-22(25(20)19-9-5-2-6-10-19)24-21(26)17-7-3-1-4-8-17;/h1-15H;1H/p-1. The zero-order valence-electron chi connectivity index (χ0n) is 14.6. The molecule has 1 aromatic heterocycles. The highest BCUT2D eigenvalue weighted by atomic mass is 79.9. The van der Waals surface area contributed by atoms with E-state index in [-0.39, 0.29) is 22.9 Å². The molecule has 0 N–H and O–H groups in total. The zero-order chi connectivity index (χ0) is 18.6. The minimum absolute atomic E-state index is 0. The van der Waals surface area contributed by atoms with Crippen molar-refractivity contribution in [2.24, 2.45) is 4.99 Å². The molecule has 1 heterocycles. The maximum atomic E-state index is 12.6. The van der Waals surface area contributed by atoms with Crippen LogP contribution in [0.15, 0.2) is 95.3 Å². The lowest BCUT2D eigenvalue weighted by Gasteiger charge is -2.09. The highest BCUT2D eigenvalue weighted by molar-refractivity contribution is 7.07. The summed E-state index contributed by atoms with van der Waals surface area (Å²) in [6, 6.07) is 26.6. The highest BCUT2D eigenvalue weighted by Crippen LogP contribution is 2.25. The van der Waals surface area contributed by atoms with Crippen molar-refractivity contribution in [3.63, 3.8) is 0 Å². The topological polar surface area (TPSA) is 34.4 Å². The van der Waals surface area contributed by atoms with Gasteiger partial charge >= 0.3 is 0 Å². The fourth-order valence-corrected chi connectivity index (χ4v) is 3.80. The molecule has 3 aromatic carbocycles. The number of halogens is 2. The number of hydrogen-bond acceptors (Lipinski definition) is 2. The Hall–Kier alpha value is -2.47. The van der Waals surface area contributed by atoms with Gasteiger partial charge in [-0.05, 0) is 42.0 Å².